The average Bonchev–Trinajstić information content (AvgIpc) is 3.31. The number of methoxy groups -OCH3 is 1. The number of aliphatic carboxylic acids is 1. The van der Waals surface area contributed by atoms with Crippen LogP contribution >= 0.6 is 11.6 Å². The van der Waals surface area contributed by atoms with Crippen molar-refractivity contribution in [1.82, 2.24) is 4.57 Å². The van der Waals surface area contributed by atoms with E-state index >= 15 is 0 Å². The number of alkyl halides is 3. The number of aromatic nitrogens is 1. The van der Waals surface area contributed by atoms with Crippen molar-refractivity contribution in [3.8, 4) is 17.2 Å². The Bertz CT molecular complexity index is 1650. The predicted octanol–water partition coefficient (Wildman–Crippen LogP) is 6.86. The predicted molar refractivity (Wildman–Crippen MR) is 145 cm³/mol. The minimum atomic E-state index is -4.89. The molecule has 4 aromatic rings. The summed E-state index contributed by atoms with van der Waals surface area (Å²) in [5, 5.41) is 13.2. The summed E-state index contributed by atoms with van der Waals surface area (Å²) in [6.45, 7) is 0. The van der Waals surface area contributed by atoms with E-state index in [2.05, 4.69) is 10.1 Å². The van der Waals surface area contributed by atoms with Crippen molar-refractivity contribution < 1.29 is 42.1 Å². The lowest BCUT2D eigenvalue weighted by Gasteiger charge is -2.25. The van der Waals surface area contributed by atoms with E-state index in [1.165, 1.54) is 36.1 Å². The molecule has 212 valence electrons. The summed E-state index contributed by atoms with van der Waals surface area (Å²) in [5.41, 5.74) is 1.44. The monoisotopic (exact) mass is 586 g/mol. The number of rotatable bonds is 9. The van der Waals surface area contributed by atoms with Gasteiger partial charge in [-0.3, -0.25) is 9.36 Å². The van der Waals surface area contributed by atoms with E-state index in [4.69, 9.17) is 26.2 Å². The maximum absolute atomic E-state index is 14.0. The van der Waals surface area contributed by atoms with Crippen LogP contribution in [0.4, 0.5) is 18.9 Å². The van der Waals surface area contributed by atoms with Crippen LogP contribution in [0.2, 0.25) is 5.02 Å². The van der Waals surface area contributed by atoms with Crippen molar-refractivity contribution >= 4 is 40.1 Å². The molecule has 0 saturated heterocycles. The summed E-state index contributed by atoms with van der Waals surface area (Å²) in [6, 6.07) is 15.8. The summed E-state index contributed by atoms with van der Waals surface area (Å²) >= 11 is 6.07. The highest BCUT2D eigenvalue weighted by atomic mass is 35.5. The normalized spacial score (nSPS) is 15.4. The topological polar surface area (TPSA) is 99.0 Å². The van der Waals surface area contributed by atoms with E-state index in [9.17, 15) is 22.8 Å². The number of ether oxygens (including phenoxy) is 3. The molecule has 2 N–H and O–H groups in total. The third kappa shape index (κ3) is 6.41. The fourth-order valence-corrected chi connectivity index (χ4v) is 4.53. The van der Waals surface area contributed by atoms with Gasteiger partial charge >= 0.3 is 12.3 Å². The molecule has 0 spiro atoms. The molecule has 1 aliphatic rings. The summed E-state index contributed by atoms with van der Waals surface area (Å²) in [7, 11) is 1.46. The number of nitrogens with one attached hydrogen (secondary N) is 1. The molecule has 0 saturated carbocycles. The number of hydrogen-bond acceptors (Lipinski definition) is 6. The molecule has 2 atom stereocenters. The third-order valence-electron chi connectivity index (χ3n) is 6.38. The van der Waals surface area contributed by atoms with Crippen LogP contribution in [0, 0.1) is 0 Å². The SMILES string of the molecule is COc1cc(NC(C(=O)n2ccc3ccc(OC(F)(F)F)cc32)c2ccc(Cl)cc2)cc(OC2C=C(C(=O)O)C2)c1. The van der Waals surface area contributed by atoms with Crippen LogP contribution in [0.5, 0.6) is 17.2 Å². The largest absolute Gasteiger partial charge is 0.573 e. The molecule has 2 unspecified atom stereocenters. The van der Waals surface area contributed by atoms with Crippen molar-refractivity contribution in [2.24, 2.45) is 0 Å². The second-order valence-electron chi connectivity index (χ2n) is 9.18. The number of carboxylic acid groups (broad SMARTS) is 1. The third-order valence-corrected chi connectivity index (χ3v) is 6.63. The van der Waals surface area contributed by atoms with Crippen LogP contribution < -0.4 is 19.5 Å². The molecule has 8 nitrogen and oxygen atoms in total. The second-order valence-corrected chi connectivity index (χ2v) is 9.61. The van der Waals surface area contributed by atoms with Crippen LogP contribution in [-0.4, -0.2) is 41.1 Å². The Hall–Kier alpha value is -4.64. The van der Waals surface area contributed by atoms with Crippen LogP contribution in [0.25, 0.3) is 10.9 Å². The number of carboxylic acids is 1. The van der Waals surface area contributed by atoms with Crippen molar-refractivity contribution in [3.05, 3.63) is 95.2 Å². The molecule has 1 heterocycles. The second kappa shape index (κ2) is 11.1. The molecule has 0 amide bonds. The Morgan fingerprint density at radius 3 is 2.39 bits per heavy atom. The number of benzene rings is 3. The number of carbonyl (C=O) groups excluding carboxylic acids is 1. The van der Waals surface area contributed by atoms with E-state index in [-0.39, 0.29) is 17.5 Å². The zero-order valence-corrected chi connectivity index (χ0v) is 22.1. The first-order chi connectivity index (χ1) is 19.5. The molecule has 1 aliphatic carbocycles. The van der Waals surface area contributed by atoms with Gasteiger partial charge in [0.25, 0.3) is 5.91 Å². The highest BCUT2D eigenvalue weighted by Gasteiger charge is 2.32. The standard InChI is InChI=1S/C29H22ClF3N2O6/c1-39-22-12-20(13-24(14-22)40-23-10-18(11-23)28(37)38)34-26(17-2-5-19(30)6-3-17)27(36)35-9-8-16-4-7-21(15-25(16)35)41-29(31,32)33/h2-10,12-15,23,26,34H,11H2,1H3,(H,37,38). The van der Waals surface area contributed by atoms with Crippen molar-refractivity contribution in [1.29, 1.82) is 0 Å². The first-order valence-corrected chi connectivity index (χ1v) is 12.6. The minimum absolute atomic E-state index is 0.221. The van der Waals surface area contributed by atoms with E-state index < -0.39 is 36.1 Å². The Balaban J connectivity index is 1.49. The molecular formula is C29H22ClF3N2O6. The molecule has 12 heteroatoms. The highest BCUT2D eigenvalue weighted by Crippen LogP contribution is 2.34. The molecule has 3 aromatic carbocycles. The average molecular weight is 587 g/mol. The van der Waals surface area contributed by atoms with E-state index in [0.717, 1.165) is 6.07 Å². The fraction of sp³-hybridized carbons (Fsp3) is 0.172. The first kappa shape index (κ1) is 27.9. The molecular weight excluding hydrogens is 565 g/mol. The zero-order valence-electron chi connectivity index (χ0n) is 21.3. The summed E-state index contributed by atoms with van der Waals surface area (Å²) in [4.78, 5) is 25.0. The smallest absolute Gasteiger partial charge is 0.497 e. The number of hydrogen-bond donors (Lipinski definition) is 2. The fourth-order valence-electron chi connectivity index (χ4n) is 4.40. The maximum atomic E-state index is 14.0. The molecule has 0 bridgehead atoms. The molecule has 0 fully saturated rings. The van der Waals surface area contributed by atoms with Gasteiger partial charge in [0.05, 0.1) is 12.6 Å². The lowest BCUT2D eigenvalue weighted by Crippen LogP contribution is -2.27. The number of anilines is 1. The quantitative estimate of drug-likeness (QED) is 0.221. The summed E-state index contributed by atoms with van der Waals surface area (Å²) < 4.78 is 55.1. The van der Waals surface area contributed by atoms with Crippen LogP contribution in [0.15, 0.2) is 84.6 Å². The number of carbonyl (C=O) groups is 2. The zero-order chi connectivity index (χ0) is 29.3. The van der Waals surface area contributed by atoms with Gasteiger partial charge in [-0.05, 0) is 42.0 Å². The lowest BCUT2D eigenvalue weighted by molar-refractivity contribution is -0.274. The van der Waals surface area contributed by atoms with Gasteiger partial charge in [0.1, 0.15) is 29.4 Å². The van der Waals surface area contributed by atoms with Crippen molar-refractivity contribution in [3.63, 3.8) is 0 Å². The molecule has 5 rings (SSSR count). The molecule has 41 heavy (non-hydrogen) atoms. The van der Waals surface area contributed by atoms with Gasteiger partial charge in [-0.2, -0.15) is 0 Å². The van der Waals surface area contributed by atoms with Crippen molar-refractivity contribution in [2.45, 2.75) is 24.9 Å². The minimum Gasteiger partial charge on any atom is -0.497 e. The van der Waals surface area contributed by atoms with Gasteiger partial charge in [-0.1, -0.05) is 23.7 Å². The van der Waals surface area contributed by atoms with E-state index in [1.54, 1.807) is 48.5 Å². The van der Waals surface area contributed by atoms with Gasteiger partial charge < -0.3 is 24.6 Å². The number of nitrogens with zero attached hydrogens (tertiary/aromatic N) is 1. The van der Waals surface area contributed by atoms with Gasteiger partial charge in [0, 0.05) is 58.6 Å². The Labute approximate surface area is 236 Å². The Morgan fingerprint density at radius 1 is 1.02 bits per heavy atom. The van der Waals surface area contributed by atoms with Gasteiger partial charge in [0.15, 0.2) is 0 Å². The summed E-state index contributed by atoms with van der Waals surface area (Å²) in [6.07, 6.45) is -2.11. The van der Waals surface area contributed by atoms with Crippen LogP contribution in [0.3, 0.4) is 0 Å². The van der Waals surface area contributed by atoms with Gasteiger partial charge in [-0.25, -0.2) is 4.79 Å². The lowest BCUT2D eigenvalue weighted by atomic mass is 9.96. The van der Waals surface area contributed by atoms with Crippen LogP contribution in [0.1, 0.15) is 22.8 Å². The molecule has 1 aromatic heterocycles. The highest BCUT2D eigenvalue weighted by molar-refractivity contribution is 6.30. The Morgan fingerprint density at radius 2 is 1.73 bits per heavy atom. The molecule has 0 radical (unpaired) electrons. The number of halogens is 4. The maximum Gasteiger partial charge on any atom is 0.573 e. The number of fused-ring (bicyclic) bond motifs is 1. The van der Waals surface area contributed by atoms with Gasteiger partial charge in [0.2, 0.25) is 0 Å². The van der Waals surface area contributed by atoms with Crippen LogP contribution in [-0.2, 0) is 4.79 Å². The van der Waals surface area contributed by atoms with Crippen molar-refractivity contribution in [2.75, 3.05) is 12.4 Å². The first-order valence-electron chi connectivity index (χ1n) is 12.2. The molecule has 0 aliphatic heterocycles. The summed E-state index contributed by atoms with van der Waals surface area (Å²) in [5.74, 6) is -1.17. The van der Waals surface area contributed by atoms with Gasteiger partial charge in [-0.15, -0.1) is 13.2 Å². The Kier molecular flexibility index (Phi) is 7.55. The van der Waals surface area contributed by atoms with E-state index in [0.29, 0.717) is 33.2 Å². The van der Waals surface area contributed by atoms with E-state index in [1.807, 2.05) is 0 Å².